The molecule has 2 aromatic heterocycles. The lowest BCUT2D eigenvalue weighted by Crippen LogP contribution is -2.40. The maximum atomic E-state index is 13.0. The molecule has 1 aliphatic heterocycles. The van der Waals surface area contributed by atoms with Gasteiger partial charge in [0.15, 0.2) is 0 Å². The number of halogens is 3. The van der Waals surface area contributed by atoms with E-state index >= 15 is 0 Å². The van der Waals surface area contributed by atoms with E-state index in [1.165, 1.54) is 6.07 Å². The zero-order chi connectivity index (χ0) is 23.9. The number of nitrogens with one attached hydrogen (secondary N) is 1. The van der Waals surface area contributed by atoms with E-state index in [1.54, 1.807) is 6.20 Å². The molecule has 1 saturated heterocycles. The summed E-state index contributed by atoms with van der Waals surface area (Å²) in [7, 11) is 0. The van der Waals surface area contributed by atoms with Gasteiger partial charge in [-0.25, -0.2) is 9.97 Å². The maximum absolute atomic E-state index is 13.0. The minimum Gasteiger partial charge on any atom is -0.481 e. The topological polar surface area (TPSA) is 82.1 Å². The summed E-state index contributed by atoms with van der Waals surface area (Å²) in [5, 5.41) is 9.61. The molecule has 34 heavy (non-hydrogen) atoms. The lowest BCUT2D eigenvalue weighted by atomic mass is 9.69. The molecule has 180 valence electrons. The van der Waals surface area contributed by atoms with Crippen LogP contribution in [0, 0.1) is 17.8 Å². The van der Waals surface area contributed by atoms with Crippen molar-refractivity contribution in [3.8, 4) is 11.4 Å². The van der Waals surface area contributed by atoms with Crippen molar-refractivity contribution in [2.24, 2.45) is 17.8 Å². The third-order valence-electron chi connectivity index (χ3n) is 7.44. The molecule has 0 amide bonds. The van der Waals surface area contributed by atoms with Crippen LogP contribution in [0.5, 0.6) is 0 Å². The number of nitrogens with zero attached hydrogens (tertiary/aromatic N) is 3. The Labute approximate surface area is 195 Å². The minimum atomic E-state index is -4.40. The second kappa shape index (κ2) is 8.92. The fourth-order valence-electron chi connectivity index (χ4n) is 5.62. The first kappa shape index (κ1) is 22.7. The SMILES string of the molecule is O=C(O)[C@@H]1CCCC[C@H]1C1CCN(c2ccc(-c3nc4ccc(C(F)(F)F)cc4[nH]3)cn2)CC1. The summed E-state index contributed by atoms with van der Waals surface area (Å²) in [4.78, 5) is 25.8. The Kier molecular flexibility index (Phi) is 5.95. The van der Waals surface area contributed by atoms with Gasteiger partial charge in [0.25, 0.3) is 0 Å². The van der Waals surface area contributed by atoms with E-state index < -0.39 is 17.7 Å². The van der Waals surface area contributed by atoms with Crippen molar-refractivity contribution in [3.63, 3.8) is 0 Å². The highest BCUT2D eigenvalue weighted by Gasteiger charge is 2.37. The number of fused-ring (bicyclic) bond motifs is 1. The van der Waals surface area contributed by atoms with E-state index in [0.717, 1.165) is 69.6 Å². The van der Waals surface area contributed by atoms with Gasteiger partial charge in [0.1, 0.15) is 11.6 Å². The van der Waals surface area contributed by atoms with Gasteiger partial charge in [-0.15, -0.1) is 0 Å². The number of carboxylic acid groups (broad SMARTS) is 1. The van der Waals surface area contributed by atoms with Crippen LogP contribution < -0.4 is 4.90 Å². The van der Waals surface area contributed by atoms with Crippen molar-refractivity contribution >= 4 is 22.8 Å². The zero-order valence-corrected chi connectivity index (χ0v) is 18.7. The summed E-state index contributed by atoms with van der Waals surface area (Å²) in [6, 6.07) is 7.25. The average molecular weight is 473 g/mol. The van der Waals surface area contributed by atoms with E-state index in [0.29, 0.717) is 28.3 Å². The summed E-state index contributed by atoms with van der Waals surface area (Å²) in [6.07, 6.45) is 3.15. The first-order valence-corrected chi connectivity index (χ1v) is 11.8. The molecule has 2 aliphatic rings. The molecular weight excluding hydrogens is 445 g/mol. The average Bonchev–Trinajstić information content (AvgIpc) is 3.27. The number of rotatable bonds is 4. The molecule has 0 unspecified atom stereocenters. The second-order valence-electron chi connectivity index (χ2n) is 9.44. The molecule has 6 nitrogen and oxygen atoms in total. The zero-order valence-electron chi connectivity index (χ0n) is 18.7. The Hall–Kier alpha value is -3.10. The standard InChI is InChI=1S/C25H27F3N4O2/c26-25(27,28)17-6-7-20-21(13-17)31-23(30-20)16-5-8-22(29-14-16)32-11-9-15(10-12-32)18-3-1-2-4-19(18)24(33)34/h5-8,13-15,18-19H,1-4,9-12H2,(H,30,31)(H,33,34)/t18-,19+/m0/s1. The summed E-state index contributed by atoms with van der Waals surface area (Å²) >= 11 is 0. The van der Waals surface area contributed by atoms with Crippen LogP contribution in [-0.2, 0) is 11.0 Å². The van der Waals surface area contributed by atoms with Gasteiger partial charge in [0.05, 0.1) is 22.5 Å². The monoisotopic (exact) mass is 472 g/mol. The van der Waals surface area contributed by atoms with Gasteiger partial charge in [0, 0.05) is 24.8 Å². The molecule has 5 rings (SSSR count). The Morgan fingerprint density at radius 1 is 1.06 bits per heavy atom. The number of alkyl halides is 3. The van der Waals surface area contributed by atoms with Gasteiger partial charge in [-0.1, -0.05) is 12.8 Å². The fraction of sp³-hybridized carbons (Fsp3) is 0.480. The fourth-order valence-corrected chi connectivity index (χ4v) is 5.62. The highest BCUT2D eigenvalue weighted by Crippen LogP contribution is 2.40. The summed E-state index contributed by atoms with van der Waals surface area (Å²) in [6.45, 7) is 1.68. The largest absolute Gasteiger partial charge is 0.481 e. The summed E-state index contributed by atoms with van der Waals surface area (Å²) in [5.74, 6) is 1.17. The van der Waals surface area contributed by atoms with Crippen molar-refractivity contribution in [2.45, 2.75) is 44.7 Å². The number of aliphatic carboxylic acids is 1. The summed E-state index contributed by atoms with van der Waals surface area (Å²) < 4.78 is 38.9. The lowest BCUT2D eigenvalue weighted by molar-refractivity contribution is -0.146. The van der Waals surface area contributed by atoms with Crippen molar-refractivity contribution in [2.75, 3.05) is 18.0 Å². The van der Waals surface area contributed by atoms with Crippen LogP contribution in [0.15, 0.2) is 36.5 Å². The van der Waals surface area contributed by atoms with Crippen molar-refractivity contribution in [3.05, 3.63) is 42.1 Å². The van der Waals surface area contributed by atoms with Crippen molar-refractivity contribution in [1.29, 1.82) is 0 Å². The number of benzene rings is 1. The van der Waals surface area contributed by atoms with E-state index in [-0.39, 0.29) is 11.8 Å². The Morgan fingerprint density at radius 3 is 2.50 bits per heavy atom. The molecule has 2 atom stereocenters. The number of aromatic nitrogens is 3. The maximum Gasteiger partial charge on any atom is 0.416 e. The molecule has 0 radical (unpaired) electrons. The first-order chi connectivity index (χ1) is 16.3. The van der Waals surface area contributed by atoms with Crippen LogP contribution >= 0.6 is 0 Å². The molecule has 0 spiro atoms. The Morgan fingerprint density at radius 2 is 1.82 bits per heavy atom. The molecule has 2 fully saturated rings. The Balaban J connectivity index is 1.26. The lowest BCUT2D eigenvalue weighted by Gasteiger charge is -2.40. The van der Waals surface area contributed by atoms with Crippen LogP contribution in [0.1, 0.15) is 44.1 Å². The smallest absolute Gasteiger partial charge is 0.416 e. The van der Waals surface area contributed by atoms with Gasteiger partial charge >= 0.3 is 12.1 Å². The molecule has 3 aromatic rings. The van der Waals surface area contributed by atoms with E-state index in [1.807, 2.05) is 12.1 Å². The van der Waals surface area contributed by atoms with Crippen LogP contribution in [0.2, 0.25) is 0 Å². The normalized spacial score (nSPS) is 22.3. The van der Waals surface area contributed by atoms with E-state index in [9.17, 15) is 23.1 Å². The third kappa shape index (κ3) is 4.48. The molecule has 2 N–H and O–H groups in total. The van der Waals surface area contributed by atoms with Gasteiger partial charge in [-0.3, -0.25) is 4.79 Å². The number of imidazole rings is 1. The number of carbonyl (C=O) groups is 1. The summed E-state index contributed by atoms with van der Waals surface area (Å²) in [5.41, 5.74) is 0.791. The minimum absolute atomic E-state index is 0.210. The number of H-pyrrole nitrogens is 1. The van der Waals surface area contributed by atoms with Crippen molar-refractivity contribution < 1.29 is 23.1 Å². The highest BCUT2D eigenvalue weighted by molar-refractivity contribution is 5.80. The molecule has 3 heterocycles. The van der Waals surface area contributed by atoms with E-state index in [2.05, 4.69) is 19.9 Å². The van der Waals surface area contributed by atoms with Gasteiger partial charge in [-0.05, 0) is 67.9 Å². The molecule has 1 saturated carbocycles. The molecule has 1 aromatic carbocycles. The molecule has 0 bridgehead atoms. The predicted molar refractivity (Wildman–Crippen MR) is 122 cm³/mol. The van der Waals surface area contributed by atoms with Crippen LogP contribution in [-0.4, -0.2) is 39.1 Å². The van der Waals surface area contributed by atoms with Gasteiger partial charge in [0.2, 0.25) is 0 Å². The molecular formula is C25H27F3N4O2. The number of hydrogen-bond acceptors (Lipinski definition) is 4. The second-order valence-corrected chi connectivity index (χ2v) is 9.44. The number of pyridine rings is 1. The van der Waals surface area contributed by atoms with Crippen LogP contribution in [0.25, 0.3) is 22.4 Å². The van der Waals surface area contributed by atoms with Gasteiger partial charge < -0.3 is 15.0 Å². The van der Waals surface area contributed by atoms with Crippen LogP contribution in [0.4, 0.5) is 19.0 Å². The first-order valence-electron chi connectivity index (χ1n) is 11.8. The highest BCUT2D eigenvalue weighted by atomic mass is 19.4. The molecule has 1 aliphatic carbocycles. The number of anilines is 1. The number of carboxylic acids is 1. The van der Waals surface area contributed by atoms with E-state index in [4.69, 9.17) is 0 Å². The third-order valence-corrected chi connectivity index (χ3v) is 7.44. The molecule has 9 heteroatoms. The number of aromatic amines is 1. The quantitative estimate of drug-likeness (QED) is 0.505. The number of piperidine rings is 1. The van der Waals surface area contributed by atoms with Gasteiger partial charge in [-0.2, -0.15) is 13.2 Å². The predicted octanol–water partition coefficient (Wildman–Crippen LogP) is 5.75. The van der Waals surface area contributed by atoms with Crippen molar-refractivity contribution in [1.82, 2.24) is 15.0 Å². The van der Waals surface area contributed by atoms with Crippen LogP contribution in [0.3, 0.4) is 0 Å². The Bertz CT molecular complexity index is 1170. The number of hydrogen-bond donors (Lipinski definition) is 2.